The van der Waals surface area contributed by atoms with E-state index in [-0.39, 0.29) is 12.0 Å². The van der Waals surface area contributed by atoms with Gasteiger partial charge in [-0.3, -0.25) is 0 Å². The highest BCUT2D eigenvalue weighted by molar-refractivity contribution is 6.32. The fourth-order valence-electron chi connectivity index (χ4n) is 3.04. The molecule has 110 valence electrons. The summed E-state index contributed by atoms with van der Waals surface area (Å²) in [5.41, 5.74) is 3.33. The molecule has 21 heavy (non-hydrogen) atoms. The molecule has 0 fully saturated rings. The second kappa shape index (κ2) is 5.88. The van der Waals surface area contributed by atoms with Crippen LogP contribution in [0.2, 0.25) is 10.0 Å². The molecule has 1 N–H and O–H groups in total. The molecule has 0 amide bonds. The van der Waals surface area contributed by atoms with Crippen LogP contribution < -0.4 is 4.74 Å². The number of aliphatic hydroxyl groups excluding tert-OH is 1. The molecular formula is C17H16Cl2O2. The van der Waals surface area contributed by atoms with Crippen LogP contribution >= 0.6 is 23.2 Å². The molecule has 0 radical (unpaired) electrons. The summed E-state index contributed by atoms with van der Waals surface area (Å²) in [4.78, 5) is 0. The summed E-state index contributed by atoms with van der Waals surface area (Å²) < 4.78 is 5.33. The van der Waals surface area contributed by atoms with Crippen molar-refractivity contribution in [1.82, 2.24) is 0 Å². The Kier molecular flexibility index (Phi) is 4.12. The molecule has 0 aliphatic heterocycles. The highest BCUT2D eigenvalue weighted by Crippen LogP contribution is 2.41. The molecule has 0 spiro atoms. The summed E-state index contributed by atoms with van der Waals surface area (Å²) in [5.74, 6) is 0.771. The molecule has 2 aromatic carbocycles. The molecule has 2 nitrogen and oxygen atoms in total. The van der Waals surface area contributed by atoms with Crippen molar-refractivity contribution in [1.29, 1.82) is 0 Å². The predicted molar refractivity (Wildman–Crippen MR) is 85.6 cm³/mol. The van der Waals surface area contributed by atoms with E-state index in [2.05, 4.69) is 0 Å². The molecular weight excluding hydrogens is 307 g/mol. The topological polar surface area (TPSA) is 29.5 Å². The van der Waals surface area contributed by atoms with Gasteiger partial charge in [-0.05, 0) is 53.8 Å². The average molecular weight is 323 g/mol. The minimum Gasteiger partial charge on any atom is -0.495 e. The summed E-state index contributed by atoms with van der Waals surface area (Å²) in [6.45, 7) is 0. The fraction of sp³-hybridized carbons (Fsp3) is 0.294. The molecule has 0 saturated heterocycles. The van der Waals surface area contributed by atoms with Crippen LogP contribution in [-0.2, 0) is 6.42 Å². The molecule has 0 aromatic heterocycles. The van der Waals surface area contributed by atoms with E-state index in [9.17, 15) is 5.11 Å². The van der Waals surface area contributed by atoms with Crippen molar-refractivity contribution >= 4 is 23.2 Å². The zero-order chi connectivity index (χ0) is 15.0. The molecule has 1 aliphatic rings. The molecule has 0 heterocycles. The number of hydrogen-bond acceptors (Lipinski definition) is 2. The van der Waals surface area contributed by atoms with Gasteiger partial charge in [0.15, 0.2) is 0 Å². The summed E-state index contributed by atoms with van der Waals surface area (Å²) >= 11 is 12.3. The van der Waals surface area contributed by atoms with Crippen molar-refractivity contribution in [2.45, 2.75) is 24.9 Å². The van der Waals surface area contributed by atoms with E-state index in [1.165, 1.54) is 0 Å². The Morgan fingerprint density at radius 2 is 2.00 bits per heavy atom. The molecule has 2 aromatic rings. The molecule has 4 heteroatoms. The van der Waals surface area contributed by atoms with Crippen LogP contribution in [-0.4, -0.2) is 18.3 Å². The minimum absolute atomic E-state index is 0.105. The monoisotopic (exact) mass is 322 g/mol. The Balaban J connectivity index is 2.12. The highest BCUT2D eigenvalue weighted by atomic mass is 35.5. The first-order valence-corrected chi connectivity index (χ1v) is 7.64. The number of hydrogen-bond donors (Lipinski definition) is 1. The van der Waals surface area contributed by atoms with Crippen molar-refractivity contribution in [3.8, 4) is 5.75 Å². The van der Waals surface area contributed by atoms with Crippen LogP contribution in [0.4, 0.5) is 0 Å². The quantitative estimate of drug-likeness (QED) is 0.885. The second-order valence-corrected chi connectivity index (χ2v) is 6.23. The number of aliphatic hydroxyl groups is 1. The van der Waals surface area contributed by atoms with E-state index in [1.54, 1.807) is 7.11 Å². The third kappa shape index (κ3) is 2.89. The first-order chi connectivity index (χ1) is 10.1. The Morgan fingerprint density at radius 3 is 2.71 bits per heavy atom. The van der Waals surface area contributed by atoms with E-state index in [0.717, 1.165) is 16.7 Å². The van der Waals surface area contributed by atoms with Crippen molar-refractivity contribution in [3.05, 3.63) is 63.1 Å². The van der Waals surface area contributed by atoms with Crippen LogP contribution in [0, 0.1) is 0 Å². The number of halogens is 2. The SMILES string of the molecule is COc1cc2c(cc1Cl)C[C@@H](O)C[C@H]2c1cccc(Cl)c1. The van der Waals surface area contributed by atoms with Gasteiger partial charge in [-0.25, -0.2) is 0 Å². The third-order valence-electron chi connectivity index (χ3n) is 4.00. The third-order valence-corrected chi connectivity index (χ3v) is 4.53. The summed E-state index contributed by atoms with van der Waals surface area (Å²) in [5, 5.41) is 11.4. The lowest BCUT2D eigenvalue weighted by Crippen LogP contribution is -2.23. The Bertz CT molecular complexity index is 670. The number of ether oxygens (including phenoxy) is 1. The molecule has 0 unspecified atom stereocenters. The van der Waals surface area contributed by atoms with Gasteiger partial charge in [0.1, 0.15) is 5.75 Å². The lowest BCUT2D eigenvalue weighted by Gasteiger charge is -2.30. The van der Waals surface area contributed by atoms with Crippen molar-refractivity contribution in [2.24, 2.45) is 0 Å². The summed E-state index contributed by atoms with van der Waals surface area (Å²) in [6.07, 6.45) is 0.930. The van der Waals surface area contributed by atoms with E-state index < -0.39 is 0 Å². The van der Waals surface area contributed by atoms with E-state index in [0.29, 0.717) is 28.6 Å². The lowest BCUT2D eigenvalue weighted by molar-refractivity contribution is 0.152. The number of benzene rings is 2. The Morgan fingerprint density at radius 1 is 1.19 bits per heavy atom. The van der Waals surface area contributed by atoms with Crippen LogP contribution in [0.15, 0.2) is 36.4 Å². The zero-order valence-electron chi connectivity index (χ0n) is 11.6. The predicted octanol–water partition coefficient (Wildman–Crippen LogP) is 4.44. The largest absolute Gasteiger partial charge is 0.495 e. The van der Waals surface area contributed by atoms with Gasteiger partial charge in [0.05, 0.1) is 18.2 Å². The average Bonchev–Trinajstić information content (AvgIpc) is 2.45. The van der Waals surface area contributed by atoms with Gasteiger partial charge in [0, 0.05) is 10.9 Å². The smallest absolute Gasteiger partial charge is 0.137 e. The van der Waals surface area contributed by atoms with E-state index in [4.69, 9.17) is 27.9 Å². The molecule has 1 aliphatic carbocycles. The number of methoxy groups -OCH3 is 1. The van der Waals surface area contributed by atoms with Gasteiger partial charge in [0.2, 0.25) is 0 Å². The molecule has 2 atom stereocenters. The van der Waals surface area contributed by atoms with Gasteiger partial charge in [-0.2, -0.15) is 0 Å². The maximum Gasteiger partial charge on any atom is 0.137 e. The first-order valence-electron chi connectivity index (χ1n) is 6.88. The van der Waals surface area contributed by atoms with Crippen LogP contribution in [0.25, 0.3) is 0 Å². The number of rotatable bonds is 2. The standard InChI is InChI=1S/C17H16Cl2O2/c1-21-17-9-15-11(7-16(17)19)6-13(20)8-14(15)10-3-2-4-12(18)5-10/h2-5,7,9,13-14,20H,6,8H2,1H3/t13-,14+/m1/s1. The second-order valence-electron chi connectivity index (χ2n) is 5.39. The summed E-state index contributed by atoms with van der Waals surface area (Å²) in [6, 6.07) is 11.7. The van der Waals surface area contributed by atoms with Crippen LogP contribution in [0.5, 0.6) is 5.75 Å². The van der Waals surface area contributed by atoms with E-state index in [1.807, 2.05) is 36.4 Å². The van der Waals surface area contributed by atoms with Crippen molar-refractivity contribution < 1.29 is 9.84 Å². The summed E-state index contributed by atoms with van der Waals surface area (Å²) in [7, 11) is 1.61. The van der Waals surface area contributed by atoms with Crippen molar-refractivity contribution in [3.63, 3.8) is 0 Å². The molecule has 0 bridgehead atoms. The van der Waals surface area contributed by atoms with Crippen LogP contribution in [0.1, 0.15) is 29.0 Å². The van der Waals surface area contributed by atoms with Gasteiger partial charge in [0.25, 0.3) is 0 Å². The first kappa shape index (κ1) is 14.7. The minimum atomic E-state index is -0.369. The Labute approximate surface area is 134 Å². The maximum absolute atomic E-state index is 10.2. The maximum atomic E-state index is 10.2. The zero-order valence-corrected chi connectivity index (χ0v) is 13.2. The van der Waals surface area contributed by atoms with Crippen LogP contribution in [0.3, 0.4) is 0 Å². The van der Waals surface area contributed by atoms with Gasteiger partial charge < -0.3 is 9.84 Å². The number of fused-ring (bicyclic) bond motifs is 1. The molecule has 0 saturated carbocycles. The highest BCUT2D eigenvalue weighted by Gasteiger charge is 2.28. The van der Waals surface area contributed by atoms with Crippen molar-refractivity contribution in [2.75, 3.05) is 7.11 Å². The fourth-order valence-corrected chi connectivity index (χ4v) is 3.51. The Hall–Kier alpha value is -1.22. The van der Waals surface area contributed by atoms with Gasteiger partial charge in [-0.15, -0.1) is 0 Å². The van der Waals surface area contributed by atoms with E-state index >= 15 is 0 Å². The normalized spacial score (nSPS) is 21.0. The van der Waals surface area contributed by atoms with Gasteiger partial charge in [-0.1, -0.05) is 35.3 Å². The molecule has 3 rings (SSSR count). The van der Waals surface area contributed by atoms with Gasteiger partial charge >= 0.3 is 0 Å². The lowest BCUT2D eigenvalue weighted by atomic mass is 9.77.